The van der Waals surface area contributed by atoms with Gasteiger partial charge in [0.15, 0.2) is 5.69 Å². The number of benzene rings is 1. The Labute approximate surface area is 110 Å². The van der Waals surface area contributed by atoms with Crippen LogP contribution in [0.3, 0.4) is 0 Å². The van der Waals surface area contributed by atoms with Gasteiger partial charge in [0.05, 0.1) is 7.11 Å². The fourth-order valence-electron chi connectivity index (χ4n) is 2.62. The quantitative estimate of drug-likeness (QED) is 0.916. The summed E-state index contributed by atoms with van der Waals surface area (Å²) in [5.74, 6) is -0.324. The van der Waals surface area contributed by atoms with Gasteiger partial charge in [-0.25, -0.2) is 4.79 Å². The first-order valence-corrected chi connectivity index (χ1v) is 6.18. The molecule has 1 aliphatic heterocycles. The summed E-state index contributed by atoms with van der Waals surface area (Å²) in [7, 11) is 1.59. The normalized spacial score (nSPS) is 13.3. The van der Waals surface area contributed by atoms with Crippen LogP contribution in [-0.2, 0) is 13.0 Å². The Bertz CT molecular complexity index is 646. The van der Waals surface area contributed by atoms with Gasteiger partial charge in [0.2, 0.25) is 0 Å². The molecule has 0 saturated heterocycles. The van der Waals surface area contributed by atoms with Gasteiger partial charge in [-0.1, -0.05) is 18.2 Å². The zero-order valence-electron chi connectivity index (χ0n) is 10.6. The molecular formula is C14H14N2O3. The van der Waals surface area contributed by atoms with E-state index in [1.807, 2.05) is 24.3 Å². The van der Waals surface area contributed by atoms with Gasteiger partial charge in [0.25, 0.3) is 0 Å². The molecule has 0 amide bonds. The summed E-state index contributed by atoms with van der Waals surface area (Å²) in [6.45, 7) is 0.783. The molecule has 2 heterocycles. The standard InChI is InChI=1S/C14H14N2O3/c1-19-11-7-3-2-5-9(11)12-10-6-4-8-16(10)15-13(12)14(17)18/h2-3,5,7H,4,6,8H2,1H3,(H,17,18). The number of fused-ring (bicyclic) bond motifs is 1. The van der Waals surface area contributed by atoms with Gasteiger partial charge in [0.1, 0.15) is 5.75 Å². The second kappa shape index (κ2) is 4.42. The molecule has 3 rings (SSSR count). The number of hydrogen-bond donors (Lipinski definition) is 1. The Balaban J connectivity index is 2.26. The lowest BCUT2D eigenvalue weighted by Crippen LogP contribution is -2.02. The Morgan fingerprint density at radius 2 is 2.21 bits per heavy atom. The molecule has 0 atom stereocenters. The summed E-state index contributed by atoms with van der Waals surface area (Å²) in [5.41, 5.74) is 2.59. The number of ether oxygens (including phenoxy) is 1. The molecule has 1 aromatic heterocycles. The first-order valence-electron chi connectivity index (χ1n) is 6.18. The predicted octanol–water partition coefficient (Wildman–Crippen LogP) is 2.20. The molecule has 2 aromatic rings. The molecule has 0 fully saturated rings. The summed E-state index contributed by atoms with van der Waals surface area (Å²) < 4.78 is 7.13. The van der Waals surface area contributed by atoms with E-state index in [0.717, 1.165) is 30.6 Å². The van der Waals surface area contributed by atoms with Gasteiger partial charge in [-0.05, 0) is 18.9 Å². The summed E-state index contributed by atoms with van der Waals surface area (Å²) in [6.07, 6.45) is 1.86. The highest BCUT2D eigenvalue weighted by molar-refractivity contribution is 5.96. The molecule has 1 aliphatic rings. The van der Waals surface area contributed by atoms with Crippen LogP contribution in [0.15, 0.2) is 24.3 Å². The maximum absolute atomic E-state index is 11.4. The number of aromatic carboxylic acids is 1. The number of carboxylic acid groups (broad SMARTS) is 1. The lowest BCUT2D eigenvalue weighted by atomic mass is 10.0. The Morgan fingerprint density at radius 1 is 1.42 bits per heavy atom. The second-order valence-electron chi connectivity index (χ2n) is 4.50. The first kappa shape index (κ1) is 11.8. The van der Waals surface area contributed by atoms with Crippen molar-refractivity contribution in [1.82, 2.24) is 9.78 Å². The molecular weight excluding hydrogens is 244 g/mol. The van der Waals surface area contributed by atoms with Gasteiger partial charge in [0, 0.05) is 23.4 Å². The minimum Gasteiger partial charge on any atom is -0.496 e. The van der Waals surface area contributed by atoms with Crippen LogP contribution in [0.4, 0.5) is 0 Å². The molecule has 0 spiro atoms. The van der Waals surface area contributed by atoms with Gasteiger partial charge in [-0.3, -0.25) is 4.68 Å². The highest BCUT2D eigenvalue weighted by Crippen LogP contribution is 2.37. The van der Waals surface area contributed by atoms with Crippen molar-refractivity contribution in [3.63, 3.8) is 0 Å². The van der Waals surface area contributed by atoms with Gasteiger partial charge >= 0.3 is 5.97 Å². The molecule has 5 nitrogen and oxygen atoms in total. The van der Waals surface area contributed by atoms with E-state index in [0.29, 0.717) is 11.3 Å². The fraction of sp³-hybridized carbons (Fsp3) is 0.286. The Hall–Kier alpha value is -2.30. The van der Waals surface area contributed by atoms with Crippen molar-refractivity contribution in [3.05, 3.63) is 35.7 Å². The number of rotatable bonds is 3. The van der Waals surface area contributed by atoms with Crippen molar-refractivity contribution in [2.45, 2.75) is 19.4 Å². The van der Waals surface area contributed by atoms with Crippen molar-refractivity contribution >= 4 is 5.97 Å². The third kappa shape index (κ3) is 1.78. The van der Waals surface area contributed by atoms with Crippen LogP contribution in [0.5, 0.6) is 5.75 Å². The molecule has 98 valence electrons. The van der Waals surface area contributed by atoms with Crippen molar-refractivity contribution < 1.29 is 14.6 Å². The molecule has 0 aliphatic carbocycles. The smallest absolute Gasteiger partial charge is 0.357 e. The topological polar surface area (TPSA) is 64.3 Å². The number of methoxy groups -OCH3 is 1. The minimum atomic E-state index is -0.997. The molecule has 1 aromatic carbocycles. The minimum absolute atomic E-state index is 0.110. The molecule has 5 heteroatoms. The molecule has 0 radical (unpaired) electrons. The zero-order valence-corrected chi connectivity index (χ0v) is 10.6. The van der Waals surface area contributed by atoms with Crippen LogP contribution in [-0.4, -0.2) is 28.0 Å². The average molecular weight is 258 g/mol. The summed E-state index contributed by atoms with van der Waals surface area (Å²) >= 11 is 0. The monoisotopic (exact) mass is 258 g/mol. The van der Waals surface area contributed by atoms with Crippen molar-refractivity contribution in [1.29, 1.82) is 0 Å². The largest absolute Gasteiger partial charge is 0.496 e. The third-order valence-corrected chi connectivity index (χ3v) is 3.42. The van der Waals surface area contributed by atoms with E-state index in [-0.39, 0.29) is 5.69 Å². The van der Waals surface area contributed by atoms with E-state index in [1.54, 1.807) is 11.8 Å². The molecule has 1 N–H and O–H groups in total. The Kier molecular flexibility index (Phi) is 2.74. The van der Waals surface area contributed by atoms with E-state index in [9.17, 15) is 9.90 Å². The van der Waals surface area contributed by atoms with E-state index >= 15 is 0 Å². The van der Waals surface area contributed by atoms with E-state index in [4.69, 9.17) is 4.74 Å². The maximum Gasteiger partial charge on any atom is 0.357 e. The highest BCUT2D eigenvalue weighted by Gasteiger charge is 2.27. The number of carboxylic acids is 1. The van der Waals surface area contributed by atoms with Gasteiger partial charge in [-0.2, -0.15) is 5.10 Å². The number of carbonyl (C=O) groups is 1. The Morgan fingerprint density at radius 3 is 2.95 bits per heavy atom. The van der Waals surface area contributed by atoms with Gasteiger partial charge < -0.3 is 9.84 Å². The summed E-state index contributed by atoms with van der Waals surface area (Å²) in [5, 5.41) is 13.5. The lowest BCUT2D eigenvalue weighted by Gasteiger charge is -2.08. The zero-order chi connectivity index (χ0) is 13.4. The summed E-state index contributed by atoms with van der Waals surface area (Å²) in [4.78, 5) is 11.4. The van der Waals surface area contributed by atoms with Crippen LogP contribution in [0.25, 0.3) is 11.1 Å². The number of nitrogens with zero attached hydrogens (tertiary/aromatic N) is 2. The second-order valence-corrected chi connectivity index (χ2v) is 4.50. The van der Waals surface area contributed by atoms with E-state index in [2.05, 4.69) is 5.10 Å². The fourth-order valence-corrected chi connectivity index (χ4v) is 2.62. The average Bonchev–Trinajstić information content (AvgIpc) is 2.98. The van der Waals surface area contributed by atoms with Crippen LogP contribution in [0.1, 0.15) is 22.6 Å². The predicted molar refractivity (Wildman–Crippen MR) is 69.5 cm³/mol. The maximum atomic E-state index is 11.4. The van der Waals surface area contributed by atoms with Crippen molar-refractivity contribution in [3.8, 4) is 16.9 Å². The molecule has 19 heavy (non-hydrogen) atoms. The van der Waals surface area contributed by atoms with Crippen molar-refractivity contribution in [2.75, 3.05) is 7.11 Å². The molecule has 0 bridgehead atoms. The van der Waals surface area contributed by atoms with Crippen LogP contribution >= 0.6 is 0 Å². The third-order valence-electron chi connectivity index (χ3n) is 3.42. The molecule has 0 saturated carbocycles. The number of aromatic nitrogens is 2. The van der Waals surface area contributed by atoms with Crippen LogP contribution in [0, 0.1) is 0 Å². The number of para-hydroxylation sites is 1. The van der Waals surface area contributed by atoms with Crippen LogP contribution < -0.4 is 4.74 Å². The SMILES string of the molecule is COc1ccccc1-c1c(C(=O)O)nn2c1CCC2. The van der Waals surface area contributed by atoms with E-state index in [1.165, 1.54) is 0 Å². The van der Waals surface area contributed by atoms with Crippen molar-refractivity contribution in [2.24, 2.45) is 0 Å². The van der Waals surface area contributed by atoms with Gasteiger partial charge in [-0.15, -0.1) is 0 Å². The number of hydrogen-bond acceptors (Lipinski definition) is 3. The lowest BCUT2D eigenvalue weighted by molar-refractivity contribution is 0.0690. The highest BCUT2D eigenvalue weighted by atomic mass is 16.5. The number of aryl methyl sites for hydroxylation is 1. The first-order chi connectivity index (χ1) is 9.22. The summed E-state index contributed by atoms with van der Waals surface area (Å²) in [6, 6.07) is 7.45. The van der Waals surface area contributed by atoms with Crippen LogP contribution in [0.2, 0.25) is 0 Å². The van der Waals surface area contributed by atoms with E-state index < -0.39 is 5.97 Å². The molecule has 0 unspecified atom stereocenters.